The predicted molar refractivity (Wildman–Crippen MR) is 80.9 cm³/mol. The van der Waals surface area contributed by atoms with Crippen molar-refractivity contribution >= 4 is 23.7 Å². The Morgan fingerprint density at radius 1 is 1.48 bits per heavy atom. The molecule has 0 aliphatic heterocycles. The number of halogens is 1. The SMILES string of the molecule is CC(C)c1[nH]nc(Cl)c1/C=N/NC(=O)c1ccccc1O. The van der Waals surface area contributed by atoms with Gasteiger partial charge in [-0.15, -0.1) is 0 Å². The largest absolute Gasteiger partial charge is 0.507 e. The molecule has 1 aromatic heterocycles. The molecule has 2 aromatic rings. The highest BCUT2D eigenvalue weighted by Crippen LogP contribution is 2.21. The molecule has 1 amide bonds. The van der Waals surface area contributed by atoms with Crippen molar-refractivity contribution in [1.29, 1.82) is 0 Å². The minimum atomic E-state index is -0.505. The smallest absolute Gasteiger partial charge is 0.275 e. The molecule has 0 bridgehead atoms. The molecular weight excluding hydrogens is 292 g/mol. The van der Waals surface area contributed by atoms with E-state index in [4.69, 9.17) is 11.6 Å². The van der Waals surface area contributed by atoms with Crippen LogP contribution in [0.1, 0.15) is 41.4 Å². The maximum absolute atomic E-state index is 11.9. The van der Waals surface area contributed by atoms with Crippen LogP contribution in [0.15, 0.2) is 29.4 Å². The highest BCUT2D eigenvalue weighted by molar-refractivity contribution is 6.32. The van der Waals surface area contributed by atoms with Crippen molar-refractivity contribution < 1.29 is 9.90 Å². The van der Waals surface area contributed by atoms with Crippen molar-refractivity contribution in [3.8, 4) is 5.75 Å². The number of benzene rings is 1. The molecule has 110 valence electrons. The van der Waals surface area contributed by atoms with Crippen LogP contribution in [-0.4, -0.2) is 27.4 Å². The molecule has 0 radical (unpaired) electrons. The molecule has 1 heterocycles. The van der Waals surface area contributed by atoms with E-state index in [0.29, 0.717) is 10.7 Å². The zero-order chi connectivity index (χ0) is 15.4. The summed E-state index contributed by atoms with van der Waals surface area (Å²) in [7, 11) is 0. The number of amides is 1. The van der Waals surface area contributed by atoms with Crippen LogP contribution in [0, 0.1) is 0 Å². The van der Waals surface area contributed by atoms with E-state index in [1.807, 2.05) is 13.8 Å². The summed E-state index contributed by atoms with van der Waals surface area (Å²) in [5.74, 6) is -0.412. The average Bonchev–Trinajstić information content (AvgIpc) is 2.81. The first kappa shape index (κ1) is 15.1. The third-order valence-corrected chi connectivity index (χ3v) is 3.16. The fourth-order valence-corrected chi connectivity index (χ4v) is 1.98. The zero-order valence-electron chi connectivity index (χ0n) is 11.6. The predicted octanol–water partition coefficient (Wildman–Crippen LogP) is 2.66. The van der Waals surface area contributed by atoms with Crippen LogP contribution in [0.4, 0.5) is 0 Å². The molecule has 7 heteroatoms. The highest BCUT2D eigenvalue weighted by Gasteiger charge is 2.13. The number of aromatic amines is 1. The third-order valence-electron chi connectivity index (χ3n) is 2.87. The lowest BCUT2D eigenvalue weighted by atomic mass is 10.1. The highest BCUT2D eigenvalue weighted by atomic mass is 35.5. The summed E-state index contributed by atoms with van der Waals surface area (Å²) in [6.07, 6.45) is 1.43. The van der Waals surface area contributed by atoms with Gasteiger partial charge in [-0.25, -0.2) is 5.43 Å². The summed E-state index contributed by atoms with van der Waals surface area (Å²) >= 11 is 5.96. The summed E-state index contributed by atoms with van der Waals surface area (Å²) in [5.41, 5.74) is 3.95. The number of aromatic nitrogens is 2. The van der Waals surface area contributed by atoms with Gasteiger partial charge >= 0.3 is 0 Å². The quantitative estimate of drug-likeness (QED) is 0.599. The van der Waals surface area contributed by atoms with E-state index >= 15 is 0 Å². The molecule has 0 saturated carbocycles. The molecule has 0 unspecified atom stereocenters. The number of hydrogen-bond donors (Lipinski definition) is 3. The van der Waals surface area contributed by atoms with Gasteiger partial charge in [-0.2, -0.15) is 10.2 Å². The van der Waals surface area contributed by atoms with Crippen molar-refractivity contribution in [2.45, 2.75) is 19.8 Å². The van der Waals surface area contributed by atoms with Gasteiger partial charge in [0.1, 0.15) is 5.75 Å². The molecule has 0 aliphatic rings. The average molecular weight is 307 g/mol. The van der Waals surface area contributed by atoms with E-state index < -0.39 is 5.91 Å². The number of hydrazone groups is 1. The fourth-order valence-electron chi connectivity index (χ4n) is 1.79. The standard InChI is InChI=1S/C14H15ClN4O2/c1-8(2)12-10(13(15)18-17-12)7-16-19-14(21)9-5-3-4-6-11(9)20/h3-8,20H,1-2H3,(H,17,18)(H,19,21)/b16-7+. The van der Waals surface area contributed by atoms with Crippen LogP contribution < -0.4 is 5.43 Å². The normalized spacial score (nSPS) is 11.2. The van der Waals surface area contributed by atoms with Gasteiger partial charge in [-0.05, 0) is 18.1 Å². The number of rotatable bonds is 4. The summed E-state index contributed by atoms with van der Waals surface area (Å²) in [6.45, 7) is 3.98. The van der Waals surface area contributed by atoms with Crippen LogP contribution in [0.2, 0.25) is 5.15 Å². The van der Waals surface area contributed by atoms with Crippen LogP contribution in [0.25, 0.3) is 0 Å². The first-order chi connectivity index (χ1) is 10.0. The van der Waals surface area contributed by atoms with E-state index in [1.54, 1.807) is 12.1 Å². The van der Waals surface area contributed by atoms with Crippen LogP contribution in [-0.2, 0) is 0 Å². The molecule has 0 saturated heterocycles. The number of carbonyl (C=O) groups is 1. The van der Waals surface area contributed by atoms with Gasteiger partial charge in [0.15, 0.2) is 5.15 Å². The van der Waals surface area contributed by atoms with Gasteiger partial charge in [0, 0.05) is 5.69 Å². The molecule has 0 fully saturated rings. The second kappa shape index (κ2) is 6.41. The van der Waals surface area contributed by atoms with E-state index in [2.05, 4.69) is 20.7 Å². The molecule has 6 nitrogen and oxygen atoms in total. The molecule has 1 aromatic carbocycles. The number of aromatic hydroxyl groups is 1. The second-order valence-corrected chi connectivity index (χ2v) is 5.07. The Kier molecular flexibility index (Phi) is 4.59. The Morgan fingerprint density at radius 2 is 2.19 bits per heavy atom. The lowest BCUT2D eigenvalue weighted by Gasteiger charge is -2.03. The third kappa shape index (κ3) is 3.41. The number of phenolic OH excluding ortho intramolecular Hbond substituents is 1. The molecule has 0 atom stereocenters. The van der Waals surface area contributed by atoms with Crippen molar-refractivity contribution in [3.05, 3.63) is 46.2 Å². The molecule has 2 rings (SSSR count). The van der Waals surface area contributed by atoms with Gasteiger partial charge < -0.3 is 5.11 Å². The summed E-state index contributed by atoms with van der Waals surface area (Å²) in [4.78, 5) is 11.9. The van der Waals surface area contributed by atoms with Crippen LogP contribution >= 0.6 is 11.6 Å². The monoisotopic (exact) mass is 306 g/mol. The van der Waals surface area contributed by atoms with Crippen LogP contribution in [0.3, 0.4) is 0 Å². The minimum Gasteiger partial charge on any atom is -0.507 e. The number of H-pyrrole nitrogens is 1. The summed E-state index contributed by atoms with van der Waals surface area (Å²) in [6, 6.07) is 6.23. The molecular formula is C14H15ClN4O2. The number of phenols is 1. The molecule has 21 heavy (non-hydrogen) atoms. The lowest BCUT2D eigenvalue weighted by Crippen LogP contribution is -2.17. The Labute approximate surface area is 126 Å². The maximum atomic E-state index is 11.9. The Bertz CT molecular complexity index is 679. The number of nitrogens with one attached hydrogen (secondary N) is 2. The van der Waals surface area contributed by atoms with Crippen molar-refractivity contribution in [2.75, 3.05) is 0 Å². The minimum absolute atomic E-state index is 0.102. The lowest BCUT2D eigenvalue weighted by molar-refractivity contribution is 0.0952. The fraction of sp³-hybridized carbons (Fsp3) is 0.214. The summed E-state index contributed by atoms with van der Waals surface area (Å²) < 4.78 is 0. The van der Waals surface area contributed by atoms with Gasteiger partial charge in [-0.3, -0.25) is 9.89 Å². The van der Waals surface area contributed by atoms with Crippen LogP contribution in [0.5, 0.6) is 5.75 Å². The first-order valence-electron chi connectivity index (χ1n) is 6.36. The Hall–Kier alpha value is -2.34. The van der Waals surface area contributed by atoms with E-state index in [0.717, 1.165) is 5.69 Å². The van der Waals surface area contributed by atoms with E-state index in [-0.39, 0.29) is 17.2 Å². The van der Waals surface area contributed by atoms with E-state index in [9.17, 15) is 9.90 Å². The topological polar surface area (TPSA) is 90.4 Å². The first-order valence-corrected chi connectivity index (χ1v) is 6.73. The second-order valence-electron chi connectivity index (χ2n) is 4.71. The molecule has 3 N–H and O–H groups in total. The zero-order valence-corrected chi connectivity index (χ0v) is 12.3. The number of carbonyl (C=O) groups excluding carboxylic acids is 1. The Morgan fingerprint density at radius 3 is 2.86 bits per heavy atom. The van der Waals surface area contributed by atoms with Gasteiger partial charge in [0.05, 0.1) is 17.3 Å². The van der Waals surface area contributed by atoms with Gasteiger partial charge in [-0.1, -0.05) is 37.6 Å². The number of para-hydroxylation sites is 1. The van der Waals surface area contributed by atoms with Gasteiger partial charge in [0.2, 0.25) is 0 Å². The number of nitrogens with zero attached hydrogens (tertiary/aromatic N) is 2. The van der Waals surface area contributed by atoms with E-state index in [1.165, 1.54) is 18.3 Å². The summed E-state index contributed by atoms with van der Waals surface area (Å²) in [5, 5.41) is 20.5. The number of hydrogen-bond acceptors (Lipinski definition) is 4. The molecule has 0 spiro atoms. The van der Waals surface area contributed by atoms with Crippen molar-refractivity contribution in [1.82, 2.24) is 15.6 Å². The van der Waals surface area contributed by atoms with Crippen molar-refractivity contribution in [2.24, 2.45) is 5.10 Å². The Balaban J connectivity index is 2.12. The van der Waals surface area contributed by atoms with Crippen molar-refractivity contribution in [3.63, 3.8) is 0 Å². The maximum Gasteiger partial charge on any atom is 0.275 e. The van der Waals surface area contributed by atoms with Gasteiger partial charge in [0.25, 0.3) is 5.91 Å². The molecule has 0 aliphatic carbocycles.